The molecule has 3 aromatic rings. The summed E-state index contributed by atoms with van der Waals surface area (Å²) in [4.78, 5) is 24.6. The summed E-state index contributed by atoms with van der Waals surface area (Å²) in [6.07, 6.45) is 2.81. The van der Waals surface area contributed by atoms with Gasteiger partial charge in [0.05, 0.1) is 9.82 Å². The number of hydrogen-bond acceptors (Lipinski definition) is 5. The van der Waals surface area contributed by atoms with Crippen LogP contribution in [0.4, 0.5) is 11.4 Å². The summed E-state index contributed by atoms with van der Waals surface area (Å²) >= 11 is 0. The fraction of sp³-hybridized carbons (Fsp3) is 0.125. The lowest BCUT2D eigenvalue weighted by atomic mass is 9.99. The number of nitro groups is 1. The zero-order chi connectivity index (χ0) is 23.4. The van der Waals surface area contributed by atoms with Crippen molar-refractivity contribution in [1.82, 2.24) is 4.90 Å². The normalized spacial score (nSPS) is 13.8. The zero-order valence-electron chi connectivity index (χ0n) is 17.5. The van der Waals surface area contributed by atoms with E-state index in [4.69, 9.17) is 0 Å². The minimum Gasteiger partial charge on any atom is -0.335 e. The van der Waals surface area contributed by atoms with Gasteiger partial charge >= 0.3 is 0 Å². The molecule has 4 rings (SSSR count). The number of anilines is 1. The predicted molar refractivity (Wildman–Crippen MR) is 125 cm³/mol. The Labute approximate surface area is 191 Å². The number of nitro benzene ring substituents is 1. The van der Waals surface area contributed by atoms with Crippen molar-refractivity contribution in [2.75, 3.05) is 17.8 Å². The summed E-state index contributed by atoms with van der Waals surface area (Å²) in [5.74, 6) is -0.133. The molecular formula is C24H21N3O5S. The van der Waals surface area contributed by atoms with E-state index in [9.17, 15) is 23.3 Å². The van der Waals surface area contributed by atoms with Gasteiger partial charge in [-0.2, -0.15) is 0 Å². The lowest BCUT2D eigenvalue weighted by Crippen LogP contribution is -2.34. The third kappa shape index (κ3) is 5.09. The molecule has 0 unspecified atom stereocenters. The van der Waals surface area contributed by atoms with Crippen LogP contribution in [0.1, 0.15) is 22.3 Å². The minimum absolute atomic E-state index is 0.133. The van der Waals surface area contributed by atoms with E-state index in [1.165, 1.54) is 35.9 Å². The van der Waals surface area contributed by atoms with Gasteiger partial charge in [0, 0.05) is 36.5 Å². The van der Waals surface area contributed by atoms with E-state index in [1.54, 1.807) is 17.0 Å². The highest BCUT2D eigenvalue weighted by atomic mass is 32.2. The molecule has 0 bridgehead atoms. The Bertz CT molecular complexity index is 1320. The summed E-state index contributed by atoms with van der Waals surface area (Å²) in [7, 11) is -4.01. The van der Waals surface area contributed by atoms with Gasteiger partial charge in [0.1, 0.15) is 0 Å². The topological polar surface area (TPSA) is 110 Å². The SMILES string of the molecule is O=C(c1ccc(NS(=O)(=O)c2cccc([N+](=O)[O-])c2)cc1)N1CC=C(c2ccccc2)CC1. The van der Waals surface area contributed by atoms with Crippen LogP contribution < -0.4 is 4.72 Å². The third-order valence-electron chi connectivity index (χ3n) is 5.36. The van der Waals surface area contributed by atoms with E-state index in [2.05, 4.69) is 22.9 Å². The molecule has 0 atom stereocenters. The van der Waals surface area contributed by atoms with Gasteiger partial charge in [-0.15, -0.1) is 0 Å². The van der Waals surface area contributed by atoms with Crippen LogP contribution in [0.25, 0.3) is 5.57 Å². The van der Waals surface area contributed by atoms with E-state index in [0.717, 1.165) is 18.1 Å². The second kappa shape index (κ2) is 9.25. The molecule has 0 fully saturated rings. The van der Waals surface area contributed by atoms with Gasteiger partial charge < -0.3 is 4.90 Å². The number of non-ortho nitro benzene ring substituents is 1. The van der Waals surface area contributed by atoms with E-state index in [0.29, 0.717) is 18.7 Å². The average molecular weight is 464 g/mol. The molecule has 168 valence electrons. The number of amides is 1. The van der Waals surface area contributed by atoms with Crippen LogP contribution in [-0.2, 0) is 10.0 Å². The van der Waals surface area contributed by atoms with E-state index < -0.39 is 14.9 Å². The van der Waals surface area contributed by atoms with Gasteiger partial charge in [0.15, 0.2) is 0 Å². The highest BCUT2D eigenvalue weighted by Gasteiger charge is 2.21. The summed E-state index contributed by atoms with van der Waals surface area (Å²) in [6.45, 7) is 1.10. The Balaban J connectivity index is 1.43. The molecule has 0 spiro atoms. The summed E-state index contributed by atoms with van der Waals surface area (Å²) < 4.78 is 27.5. The van der Waals surface area contributed by atoms with Gasteiger partial charge in [-0.3, -0.25) is 19.6 Å². The van der Waals surface area contributed by atoms with Gasteiger partial charge in [-0.1, -0.05) is 42.5 Å². The average Bonchev–Trinajstić information content (AvgIpc) is 2.84. The monoisotopic (exact) mass is 463 g/mol. The largest absolute Gasteiger partial charge is 0.335 e. The summed E-state index contributed by atoms with van der Waals surface area (Å²) in [5.41, 5.74) is 2.76. The van der Waals surface area contributed by atoms with E-state index in [1.807, 2.05) is 18.2 Å². The lowest BCUT2D eigenvalue weighted by Gasteiger charge is -2.27. The quantitative estimate of drug-likeness (QED) is 0.432. The number of rotatable bonds is 6. The molecule has 3 aromatic carbocycles. The molecule has 0 aliphatic carbocycles. The maximum atomic E-state index is 12.9. The Kier molecular flexibility index (Phi) is 6.23. The molecule has 1 N–H and O–H groups in total. The van der Waals surface area contributed by atoms with Crippen LogP contribution in [0.2, 0.25) is 0 Å². The maximum Gasteiger partial charge on any atom is 0.270 e. The summed E-state index contributed by atoms with van der Waals surface area (Å²) in [5, 5.41) is 10.9. The van der Waals surface area contributed by atoms with Crippen LogP contribution in [-0.4, -0.2) is 37.2 Å². The van der Waals surface area contributed by atoms with Crippen molar-refractivity contribution in [1.29, 1.82) is 0 Å². The molecule has 0 radical (unpaired) electrons. The van der Waals surface area contributed by atoms with Gasteiger partial charge in [0.2, 0.25) is 0 Å². The highest BCUT2D eigenvalue weighted by Crippen LogP contribution is 2.24. The first-order valence-electron chi connectivity index (χ1n) is 10.2. The van der Waals surface area contributed by atoms with Gasteiger partial charge in [0.25, 0.3) is 21.6 Å². The van der Waals surface area contributed by atoms with Crippen molar-refractivity contribution in [3.05, 3.63) is 106 Å². The minimum atomic E-state index is -4.01. The van der Waals surface area contributed by atoms with Crippen molar-refractivity contribution < 1.29 is 18.1 Å². The molecule has 8 nitrogen and oxygen atoms in total. The second-order valence-electron chi connectivity index (χ2n) is 7.53. The predicted octanol–water partition coefficient (Wildman–Crippen LogP) is 4.33. The fourth-order valence-electron chi connectivity index (χ4n) is 3.61. The van der Waals surface area contributed by atoms with Crippen LogP contribution >= 0.6 is 0 Å². The molecule has 0 aromatic heterocycles. The lowest BCUT2D eigenvalue weighted by molar-refractivity contribution is -0.385. The van der Waals surface area contributed by atoms with Crippen LogP contribution in [0.15, 0.2) is 89.8 Å². The van der Waals surface area contributed by atoms with Crippen molar-refractivity contribution in [3.63, 3.8) is 0 Å². The maximum absolute atomic E-state index is 12.9. The molecule has 1 aliphatic heterocycles. The Morgan fingerprint density at radius 1 is 0.970 bits per heavy atom. The number of sulfonamides is 1. The second-order valence-corrected chi connectivity index (χ2v) is 9.22. The molecule has 9 heteroatoms. The summed E-state index contributed by atoms with van der Waals surface area (Å²) in [6, 6.07) is 21.0. The number of hydrogen-bond donors (Lipinski definition) is 1. The molecule has 1 heterocycles. The number of carbonyl (C=O) groups excluding carboxylic acids is 1. The fourth-order valence-corrected chi connectivity index (χ4v) is 4.71. The Morgan fingerprint density at radius 3 is 2.33 bits per heavy atom. The highest BCUT2D eigenvalue weighted by molar-refractivity contribution is 7.92. The van der Waals surface area contributed by atoms with Crippen LogP contribution in [0, 0.1) is 10.1 Å². The Morgan fingerprint density at radius 2 is 1.70 bits per heavy atom. The van der Waals surface area contributed by atoms with Gasteiger partial charge in [-0.05, 0) is 47.9 Å². The van der Waals surface area contributed by atoms with Crippen molar-refractivity contribution in [2.45, 2.75) is 11.3 Å². The van der Waals surface area contributed by atoms with Crippen LogP contribution in [0.5, 0.6) is 0 Å². The zero-order valence-corrected chi connectivity index (χ0v) is 18.4. The van der Waals surface area contributed by atoms with Crippen molar-refractivity contribution >= 4 is 32.9 Å². The molecule has 0 saturated carbocycles. The Hall–Kier alpha value is -3.98. The number of nitrogens with one attached hydrogen (secondary N) is 1. The first-order valence-corrected chi connectivity index (χ1v) is 11.7. The molecule has 1 aliphatic rings. The first kappa shape index (κ1) is 22.2. The number of carbonyl (C=O) groups is 1. The standard InChI is InChI=1S/C24H21N3O5S/c28-24(26-15-13-19(14-16-26)18-5-2-1-3-6-18)20-9-11-21(12-10-20)25-33(31,32)23-8-4-7-22(17-23)27(29)30/h1-13,17,25H,14-16H2. The smallest absolute Gasteiger partial charge is 0.270 e. The third-order valence-corrected chi connectivity index (χ3v) is 6.74. The first-order chi connectivity index (χ1) is 15.8. The van der Waals surface area contributed by atoms with Gasteiger partial charge in [-0.25, -0.2) is 8.42 Å². The molecular weight excluding hydrogens is 442 g/mol. The number of benzene rings is 3. The molecule has 1 amide bonds. The van der Waals surface area contributed by atoms with E-state index >= 15 is 0 Å². The van der Waals surface area contributed by atoms with Crippen molar-refractivity contribution in [2.24, 2.45) is 0 Å². The van der Waals surface area contributed by atoms with E-state index in [-0.39, 0.29) is 22.2 Å². The molecule has 33 heavy (non-hydrogen) atoms. The number of nitrogens with zero attached hydrogens (tertiary/aromatic N) is 2. The van der Waals surface area contributed by atoms with Crippen molar-refractivity contribution in [3.8, 4) is 0 Å². The molecule has 0 saturated heterocycles. The van der Waals surface area contributed by atoms with Crippen LogP contribution in [0.3, 0.4) is 0 Å².